The Kier molecular flexibility index (Phi) is 7.23. The number of anilines is 1. The van der Waals surface area contributed by atoms with Gasteiger partial charge < -0.3 is 5.32 Å². The Morgan fingerprint density at radius 1 is 1.29 bits per heavy atom. The minimum atomic E-state index is -4.68. The number of alkyl halides is 3. The fourth-order valence-corrected chi connectivity index (χ4v) is 4.71. The van der Waals surface area contributed by atoms with Gasteiger partial charge in [-0.1, -0.05) is 32.4 Å². The number of amides is 1. The topological polar surface area (TPSA) is 123 Å². The number of nitrogens with zero attached hydrogens (tertiary/aromatic N) is 3. The first kappa shape index (κ1) is 26.5. The Labute approximate surface area is 206 Å². The summed E-state index contributed by atoms with van der Waals surface area (Å²) in [5.41, 5.74) is -1.69. The van der Waals surface area contributed by atoms with Gasteiger partial charge in [-0.2, -0.15) is 13.2 Å². The second kappa shape index (κ2) is 9.53. The zero-order valence-corrected chi connectivity index (χ0v) is 20.6. The van der Waals surface area contributed by atoms with E-state index in [-0.39, 0.29) is 27.4 Å². The van der Waals surface area contributed by atoms with E-state index in [9.17, 15) is 32.9 Å². The Morgan fingerprint density at radius 2 is 1.94 bits per heavy atom. The van der Waals surface area contributed by atoms with Gasteiger partial charge in [-0.25, -0.2) is 14.5 Å². The van der Waals surface area contributed by atoms with E-state index in [2.05, 4.69) is 15.5 Å². The largest absolute Gasteiger partial charge is 0.412 e. The molecule has 0 unspecified atom stereocenters. The van der Waals surface area contributed by atoms with Crippen LogP contribution in [0.15, 0.2) is 44.3 Å². The first-order valence-corrected chi connectivity index (χ1v) is 11.4. The predicted octanol–water partition coefficient (Wildman–Crippen LogP) is 5.33. The van der Waals surface area contributed by atoms with Gasteiger partial charge in [-0.3, -0.25) is 14.9 Å². The summed E-state index contributed by atoms with van der Waals surface area (Å²) in [6, 6.07) is 3.08. The molecule has 0 saturated carbocycles. The molecule has 14 heteroatoms. The third-order valence-electron chi connectivity index (χ3n) is 5.08. The van der Waals surface area contributed by atoms with Crippen LogP contribution in [0.3, 0.4) is 0 Å². The first-order valence-electron chi connectivity index (χ1n) is 10.2. The molecule has 0 saturated heterocycles. The molecule has 0 aliphatic heterocycles. The summed E-state index contributed by atoms with van der Waals surface area (Å²) in [5, 5.41) is 20.5. The van der Waals surface area contributed by atoms with Crippen molar-refractivity contribution >= 4 is 35.0 Å². The van der Waals surface area contributed by atoms with Crippen LogP contribution in [0.2, 0.25) is 5.02 Å². The maximum Gasteiger partial charge on any atom is 0.412 e. The van der Waals surface area contributed by atoms with Crippen LogP contribution in [0.25, 0.3) is 5.69 Å². The van der Waals surface area contributed by atoms with Crippen LogP contribution in [0, 0.1) is 10.1 Å². The van der Waals surface area contributed by atoms with Crippen LogP contribution in [-0.2, 0) is 10.2 Å². The third kappa shape index (κ3) is 5.78. The predicted molar refractivity (Wildman–Crippen MR) is 125 cm³/mol. The molecule has 188 valence electrons. The lowest BCUT2D eigenvalue weighted by molar-refractivity contribution is -0.420. The number of aromatic nitrogens is 3. The molecule has 9 nitrogen and oxygen atoms in total. The van der Waals surface area contributed by atoms with Gasteiger partial charge in [0.1, 0.15) is 0 Å². The summed E-state index contributed by atoms with van der Waals surface area (Å²) in [4.78, 5) is 35.0. The van der Waals surface area contributed by atoms with E-state index in [0.29, 0.717) is 23.0 Å². The van der Waals surface area contributed by atoms with E-state index in [0.717, 1.165) is 16.3 Å². The number of benzene rings is 1. The third-order valence-corrected chi connectivity index (χ3v) is 6.51. The van der Waals surface area contributed by atoms with E-state index in [4.69, 9.17) is 11.6 Å². The van der Waals surface area contributed by atoms with Gasteiger partial charge in [0.25, 0.3) is 5.70 Å². The Morgan fingerprint density at radius 3 is 2.49 bits per heavy atom. The molecule has 1 heterocycles. The first-order chi connectivity index (χ1) is 16.1. The molecule has 0 atom stereocenters. The van der Waals surface area contributed by atoms with Crippen molar-refractivity contribution in [2.24, 2.45) is 0 Å². The molecule has 0 bridgehead atoms. The van der Waals surface area contributed by atoms with Crippen LogP contribution in [0.4, 0.5) is 18.9 Å². The summed E-state index contributed by atoms with van der Waals surface area (Å²) in [6.45, 7) is 6.92. The second-order valence-electron chi connectivity index (χ2n) is 8.76. The fraction of sp³-hybridized carbons (Fsp3) is 0.381. The van der Waals surface area contributed by atoms with Crippen molar-refractivity contribution in [3.05, 3.63) is 65.6 Å². The minimum absolute atomic E-state index is 0.0120. The SMILES string of the molecule is CC(=O)Nc1cc(C(C)(C)C)c(-n2c(SC3=C([N+](=O)[O-])C=C(C(F)(F)F)CC3)n[nH]c2=O)cc1Cl. The number of hydrogen-bond acceptors (Lipinski definition) is 6. The van der Waals surface area contributed by atoms with E-state index < -0.39 is 39.9 Å². The van der Waals surface area contributed by atoms with Gasteiger partial charge in [0.2, 0.25) is 11.1 Å². The summed E-state index contributed by atoms with van der Waals surface area (Å²) < 4.78 is 40.5. The van der Waals surface area contributed by atoms with Crippen molar-refractivity contribution in [3.8, 4) is 5.69 Å². The second-order valence-corrected chi connectivity index (χ2v) is 10.2. The molecule has 0 radical (unpaired) electrons. The molecule has 2 aromatic rings. The van der Waals surface area contributed by atoms with Crippen molar-refractivity contribution < 1.29 is 22.9 Å². The zero-order valence-electron chi connectivity index (χ0n) is 19.0. The molecule has 1 aliphatic carbocycles. The van der Waals surface area contributed by atoms with Gasteiger partial charge in [0, 0.05) is 18.6 Å². The van der Waals surface area contributed by atoms with E-state index in [1.807, 2.05) is 20.8 Å². The number of carbonyl (C=O) groups excluding carboxylic acids is 1. The zero-order chi connectivity index (χ0) is 26.3. The van der Waals surface area contributed by atoms with Crippen LogP contribution < -0.4 is 11.0 Å². The van der Waals surface area contributed by atoms with E-state index in [1.165, 1.54) is 13.0 Å². The van der Waals surface area contributed by atoms with Crippen LogP contribution in [0.1, 0.15) is 46.1 Å². The average molecular weight is 532 g/mol. The number of carbonyl (C=O) groups is 1. The molecule has 3 rings (SSSR count). The van der Waals surface area contributed by atoms with Crippen LogP contribution in [-0.4, -0.2) is 31.8 Å². The lowest BCUT2D eigenvalue weighted by Crippen LogP contribution is -2.23. The molecule has 1 aliphatic rings. The van der Waals surface area contributed by atoms with Crippen molar-refractivity contribution in [1.29, 1.82) is 0 Å². The highest BCUT2D eigenvalue weighted by atomic mass is 35.5. The highest BCUT2D eigenvalue weighted by molar-refractivity contribution is 8.03. The Bertz CT molecular complexity index is 1320. The molecule has 1 amide bonds. The smallest absolute Gasteiger partial charge is 0.325 e. The van der Waals surface area contributed by atoms with Gasteiger partial charge >= 0.3 is 11.9 Å². The summed E-state index contributed by atoms with van der Waals surface area (Å²) in [7, 11) is 0. The van der Waals surface area contributed by atoms with Crippen LogP contribution >= 0.6 is 23.4 Å². The number of hydrogen-bond donors (Lipinski definition) is 2. The van der Waals surface area contributed by atoms with Crippen molar-refractivity contribution in [2.75, 3.05) is 5.32 Å². The maximum atomic E-state index is 13.1. The molecule has 0 spiro atoms. The highest BCUT2D eigenvalue weighted by Gasteiger charge is 2.38. The number of allylic oxidation sites excluding steroid dienone is 3. The van der Waals surface area contributed by atoms with E-state index >= 15 is 0 Å². The van der Waals surface area contributed by atoms with Gasteiger partial charge in [-0.15, -0.1) is 5.10 Å². The van der Waals surface area contributed by atoms with Crippen molar-refractivity contribution in [2.45, 2.75) is 57.3 Å². The molecule has 0 fully saturated rings. The lowest BCUT2D eigenvalue weighted by atomic mass is 9.85. The quantitative estimate of drug-likeness (QED) is 0.397. The van der Waals surface area contributed by atoms with E-state index in [1.54, 1.807) is 6.07 Å². The fourth-order valence-electron chi connectivity index (χ4n) is 3.48. The maximum absolute atomic E-state index is 13.1. The van der Waals surface area contributed by atoms with Crippen molar-refractivity contribution in [3.63, 3.8) is 0 Å². The Balaban J connectivity index is 2.17. The number of halogens is 4. The molecule has 1 aromatic heterocycles. The summed E-state index contributed by atoms with van der Waals surface area (Å²) in [5.74, 6) is -0.348. The standard InChI is InChI=1S/C21H21ClF3N5O4S/c1-10(31)26-14-8-12(20(2,3)4)15(9-13(14)22)29-18(32)27-28-19(29)35-17-6-5-11(21(23,24)25)7-16(17)30(33)34/h7-9H,5-6H2,1-4H3,(H,26,31)(H,27,32). The molecule has 1 aromatic carbocycles. The van der Waals surface area contributed by atoms with Gasteiger partial charge in [-0.05, 0) is 47.7 Å². The number of rotatable bonds is 5. The highest BCUT2D eigenvalue weighted by Crippen LogP contribution is 2.42. The average Bonchev–Trinajstić information content (AvgIpc) is 3.07. The Hall–Kier alpha value is -3.06. The number of thioether (sulfide) groups is 1. The minimum Gasteiger partial charge on any atom is -0.325 e. The molecular formula is C21H21ClF3N5O4S. The summed E-state index contributed by atoms with van der Waals surface area (Å²) in [6.07, 6.45) is -4.86. The van der Waals surface area contributed by atoms with Gasteiger partial charge in [0.05, 0.1) is 26.2 Å². The number of nitro groups is 1. The molecule has 2 N–H and O–H groups in total. The number of nitrogens with one attached hydrogen (secondary N) is 2. The van der Waals surface area contributed by atoms with Crippen molar-refractivity contribution in [1.82, 2.24) is 14.8 Å². The molecule has 35 heavy (non-hydrogen) atoms. The number of H-pyrrole nitrogens is 1. The van der Waals surface area contributed by atoms with Crippen LogP contribution in [0.5, 0.6) is 0 Å². The number of aromatic amines is 1. The summed E-state index contributed by atoms with van der Waals surface area (Å²) >= 11 is 7.08. The normalized spacial score (nSPS) is 14.7. The monoisotopic (exact) mass is 531 g/mol. The van der Waals surface area contributed by atoms with Gasteiger partial charge in [0.15, 0.2) is 0 Å². The lowest BCUT2D eigenvalue weighted by Gasteiger charge is -2.25. The molecular weight excluding hydrogens is 511 g/mol.